The number of pyridine rings is 1. The SMILES string of the molecule is O=[N+]([O-])c1cc(S(=O)(=O)N2CCCCCC2)ccc1Oc1ccc([N+](=O)[O-])c2cccnc12. The van der Waals surface area contributed by atoms with E-state index in [0.29, 0.717) is 13.1 Å². The molecule has 1 aliphatic rings. The van der Waals surface area contributed by atoms with Gasteiger partial charge < -0.3 is 4.74 Å². The Kier molecular flexibility index (Phi) is 6.20. The summed E-state index contributed by atoms with van der Waals surface area (Å²) >= 11 is 0. The van der Waals surface area contributed by atoms with E-state index in [-0.39, 0.29) is 33.0 Å². The van der Waals surface area contributed by atoms with Crippen molar-refractivity contribution in [2.75, 3.05) is 13.1 Å². The number of hydrogen-bond acceptors (Lipinski definition) is 8. The molecule has 1 saturated heterocycles. The molecule has 2 aromatic carbocycles. The van der Waals surface area contributed by atoms with Gasteiger partial charge in [-0.3, -0.25) is 25.2 Å². The number of hydrogen-bond donors (Lipinski definition) is 0. The second-order valence-corrected chi connectivity index (χ2v) is 9.48. The number of rotatable bonds is 6. The maximum absolute atomic E-state index is 13.0. The van der Waals surface area contributed by atoms with E-state index < -0.39 is 25.6 Å². The van der Waals surface area contributed by atoms with E-state index in [9.17, 15) is 28.6 Å². The summed E-state index contributed by atoms with van der Waals surface area (Å²) < 4.78 is 33.2. The van der Waals surface area contributed by atoms with Crippen LogP contribution in [0.5, 0.6) is 11.5 Å². The molecule has 0 amide bonds. The number of non-ortho nitro benzene ring substituents is 1. The number of nitro groups is 2. The Morgan fingerprint density at radius 3 is 2.21 bits per heavy atom. The van der Waals surface area contributed by atoms with Gasteiger partial charge in [0.1, 0.15) is 5.52 Å². The fraction of sp³-hybridized carbons (Fsp3) is 0.286. The van der Waals surface area contributed by atoms with Crippen molar-refractivity contribution >= 4 is 32.3 Å². The van der Waals surface area contributed by atoms with Crippen LogP contribution in [0.15, 0.2) is 53.6 Å². The number of aromatic nitrogens is 1. The molecular formula is C21H20N4O7S. The standard InChI is InChI=1S/C21H20N4O7S/c26-24(27)17-8-10-20(21-16(17)6-5-11-22-21)32-19-9-7-15(14-18(19)25(28)29)33(30,31)23-12-3-1-2-4-13-23/h5-11,14H,1-4,12-13H2. The number of benzene rings is 2. The number of sulfonamides is 1. The second-order valence-electron chi connectivity index (χ2n) is 7.55. The first-order valence-electron chi connectivity index (χ1n) is 10.3. The molecule has 12 heteroatoms. The van der Waals surface area contributed by atoms with Crippen molar-refractivity contribution in [2.24, 2.45) is 0 Å². The molecule has 0 unspecified atom stereocenters. The molecule has 1 aromatic heterocycles. The Bertz CT molecular complexity index is 1340. The maximum Gasteiger partial charge on any atom is 0.312 e. The fourth-order valence-corrected chi connectivity index (χ4v) is 5.35. The van der Waals surface area contributed by atoms with Crippen LogP contribution in [-0.4, -0.2) is 40.6 Å². The highest BCUT2D eigenvalue weighted by molar-refractivity contribution is 7.89. The summed E-state index contributed by atoms with van der Waals surface area (Å²) in [6, 6.07) is 9.03. The van der Waals surface area contributed by atoms with Crippen LogP contribution >= 0.6 is 0 Å². The molecule has 2 heterocycles. The Balaban J connectivity index is 1.74. The average molecular weight is 472 g/mol. The van der Waals surface area contributed by atoms with Gasteiger partial charge >= 0.3 is 5.69 Å². The summed E-state index contributed by atoms with van der Waals surface area (Å²) in [6.45, 7) is 0.740. The first-order valence-corrected chi connectivity index (χ1v) is 11.7. The van der Waals surface area contributed by atoms with Gasteiger partial charge in [0.15, 0.2) is 5.75 Å². The van der Waals surface area contributed by atoms with Crippen molar-refractivity contribution in [2.45, 2.75) is 30.6 Å². The summed E-state index contributed by atoms with van der Waals surface area (Å²) in [5, 5.41) is 23.3. The van der Waals surface area contributed by atoms with E-state index in [0.717, 1.165) is 31.7 Å². The third kappa shape index (κ3) is 4.47. The van der Waals surface area contributed by atoms with E-state index in [4.69, 9.17) is 4.74 Å². The van der Waals surface area contributed by atoms with Gasteiger partial charge in [-0.05, 0) is 43.2 Å². The monoisotopic (exact) mass is 472 g/mol. The lowest BCUT2D eigenvalue weighted by atomic mass is 10.1. The van der Waals surface area contributed by atoms with Gasteiger partial charge in [0, 0.05) is 31.4 Å². The normalized spacial score (nSPS) is 15.2. The highest BCUT2D eigenvalue weighted by atomic mass is 32.2. The van der Waals surface area contributed by atoms with Gasteiger partial charge in [-0.1, -0.05) is 12.8 Å². The summed E-state index contributed by atoms with van der Waals surface area (Å²) in [5.41, 5.74) is -0.561. The summed E-state index contributed by atoms with van der Waals surface area (Å²) in [4.78, 5) is 25.7. The van der Waals surface area contributed by atoms with Gasteiger partial charge in [-0.15, -0.1) is 0 Å². The van der Waals surface area contributed by atoms with Crippen LogP contribution in [0.4, 0.5) is 11.4 Å². The van der Waals surface area contributed by atoms with Crippen LogP contribution < -0.4 is 4.74 Å². The van der Waals surface area contributed by atoms with Crippen molar-refractivity contribution in [1.82, 2.24) is 9.29 Å². The predicted molar refractivity (Wildman–Crippen MR) is 119 cm³/mol. The van der Waals surface area contributed by atoms with E-state index in [2.05, 4.69) is 4.98 Å². The molecule has 0 radical (unpaired) electrons. The molecule has 11 nitrogen and oxygen atoms in total. The lowest BCUT2D eigenvalue weighted by molar-refractivity contribution is -0.385. The highest BCUT2D eigenvalue weighted by Gasteiger charge is 2.29. The molecule has 1 fully saturated rings. The molecule has 0 aliphatic carbocycles. The quantitative estimate of drug-likeness (QED) is 0.379. The Hall–Kier alpha value is -3.64. The minimum atomic E-state index is -3.89. The zero-order chi connectivity index (χ0) is 23.6. The zero-order valence-corrected chi connectivity index (χ0v) is 18.2. The van der Waals surface area contributed by atoms with Crippen LogP contribution in [0.3, 0.4) is 0 Å². The van der Waals surface area contributed by atoms with Crippen LogP contribution in [-0.2, 0) is 10.0 Å². The largest absolute Gasteiger partial charge is 0.448 e. The van der Waals surface area contributed by atoms with Gasteiger partial charge in [-0.25, -0.2) is 8.42 Å². The lowest BCUT2D eigenvalue weighted by Crippen LogP contribution is -2.31. The molecular weight excluding hydrogens is 452 g/mol. The molecule has 172 valence electrons. The third-order valence-electron chi connectivity index (χ3n) is 5.46. The van der Waals surface area contributed by atoms with Crippen molar-refractivity contribution < 1.29 is 23.0 Å². The molecule has 0 atom stereocenters. The maximum atomic E-state index is 13.0. The Morgan fingerprint density at radius 2 is 1.55 bits per heavy atom. The predicted octanol–water partition coefficient (Wildman–Crippen LogP) is 4.41. The summed E-state index contributed by atoms with van der Waals surface area (Å²) in [7, 11) is -3.89. The molecule has 33 heavy (non-hydrogen) atoms. The summed E-state index contributed by atoms with van der Waals surface area (Å²) in [5.74, 6) is -0.127. The highest BCUT2D eigenvalue weighted by Crippen LogP contribution is 2.38. The minimum Gasteiger partial charge on any atom is -0.448 e. The Labute approximate surface area is 189 Å². The van der Waals surface area contributed by atoms with Crippen LogP contribution in [0.1, 0.15) is 25.7 Å². The molecule has 0 saturated carbocycles. The average Bonchev–Trinajstić information content (AvgIpc) is 3.09. The first-order chi connectivity index (χ1) is 15.8. The molecule has 0 N–H and O–H groups in total. The second kappa shape index (κ2) is 9.08. The van der Waals surface area contributed by atoms with Gasteiger partial charge in [0.25, 0.3) is 5.69 Å². The van der Waals surface area contributed by atoms with Crippen molar-refractivity contribution in [3.05, 3.63) is 68.9 Å². The molecule has 0 spiro atoms. The first kappa shape index (κ1) is 22.6. The number of fused-ring (bicyclic) bond motifs is 1. The third-order valence-corrected chi connectivity index (χ3v) is 7.35. The van der Waals surface area contributed by atoms with Crippen molar-refractivity contribution in [1.29, 1.82) is 0 Å². The molecule has 0 bridgehead atoms. The van der Waals surface area contributed by atoms with Gasteiger partial charge in [-0.2, -0.15) is 4.31 Å². The lowest BCUT2D eigenvalue weighted by Gasteiger charge is -2.20. The van der Waals surface area contributed by atoms with E-state index >= 15 is 0 Å². The van der Waals surface area contributed by atoms with E-state index in [1.165, 1.54) is 46.9 Å². The molecule has 3 aromatic rings. The van der Waals surface area contributed by atoms with E-state index in [1.807, 2.05) is 0 Å². The Morgan fingerprint density at radius 1 is 0.879 bits per heavy atom. The van der Waals surface area contributed by atoms with E-state index in [1.54, 1.807) is 0 Å². The number of nitrogens with zero attached hydrogens (tertiary/aromatic N) is 4. The smallest absolute Gasteiger partial charge is 0.312 e. The molecule has 4 rings (SSSR count). The minimum absolute atomic E-state index is 0.0717. The zero-order valence-electron chi connectivity index (χ0n) is 17.4. The van der Waals surface area contributed by atoms with Crippen LogP contribution in [0, 0.1) is 20.2 Å². The summed E-state index contributed by atoms with van der Waals surface area (Å²) in [6.07, 6.45) is 4.78. The van der Waals surface area contributed by atoms with Gasteiger partial charge in [0.2, 0.25) is 15.8 Å². The molecule has 1 aliphatic heterocycles. The van der Waals surface area contributed by atoms with Crippen LogP contribution in [0.25, 0.3) is 10.9 Å². The van der Waals surface area contributed by atoms with Gasteiger partial charge in [0.05, 0.1) is 20.1 Å². The fourth-order valence-electron chi connectivity index (χ4n) is 3.81. The van der Waals surface area contributed by atoms with Crippen LogP contribution in [0.2, 0.25) is 0 Å². The van der Waals surface area contributed by atoms with Crippen molar-refractivity contribution in [3.8, 4) is 11.5 Å². The van der Waals surface area contributed by atoms with Crippen molar-refractivity contribution in [3.63, 3.8) is 0 Å². The number of nitro benzene ring substituents is 2. The topological polar surface area (TPSA) is 146 Å². The number of ether oxygens (including phenoxy) is 1.